The second-order valence-corrected chi connectivity index (χ2v) is 15.9. The lowest BCUT2D eigenvalue weighted by atomic mass is 10.0. The van der Waals surface area contributed by atoms with E-state index in [0.717, 1.165) is 70.6 Å². The smallest absolute Gasteiger partial charge is 0.306 e. The number of quaternary nitrogens is 1. The third-order valence-corrected chi connectivity index (χ3v) is 9.67. The van der Waals surface area contributed by atoms with Gasteiger partial charge in [-0.3, -0.25) is 9.59 Å². The molecule has 0 saturated heterocycles. The first-order chi connectivity index (χ1) is 27.1. The minimum Gasteiger partial charge on any atom is -0.544 e. The number of likely N-dealkylation sites (N-methyl/N-ethyl adjacent to an activating group) is 1. The molecule has 0 rings (SSSR count). The molecule has 8 heteroatoms. The molecule has 0 amide bonds. The SMILES string of the molecule is CC/C=C/C/C=C/C/C=C/CCCCCCCCCCCCCC(=O)OCC(COCCC(C(=O)[O-])[N+](C)(C)C)OC(=O)CCCCC/C=C/C=C/CCCC. The molecule has 0 aliphatic heterocycles. The molecule has 0 aromatic rings. The summed E-state index contributed by atoms with van der Waals surface area (Å²) in [6.07, 6.45) is 46.8. The number of hydrogen-bond acceptors (Lipinski definition) is 7. The van der Waals surface area contributed by atoms with E-state index >= 15 is 0 Å². The first kappa shape index (κ1) is 53.0. The van der Waals surface area contributed by atoms with Crippen molar-refractivity contribution in [2.24, 2.45) is 0 Å². The highest BCUT2D eigenvalue weighted by Gasteiger charge is 2.25. The molecule has 0 aromatic heterocycles. The quantitative estimate of drug-likeness (QED) is 0.0201. The van der Waals surface area contributed by atoms with Crippen LogP contribution in [-0.4, -0.2) is 75.5 Å². The van der Waals surface area contributed by atoms with Gasteiger partial charge in [0.2, 0.25) is 0 Å². The van der Waals surface area contributed by atoms with Gasteiger partial charge in [0.1, 0.15) is 12.6 Å². The summed E-state index contributed by atoms with van der Waals surface area (Å²) in [6, 6.07) is -0.732. The fraction of sp³-hybridized carbons (Fsp3) is 0.729. The third kappa shape index (κ3) is 36.7. The molecule has 0 radical (unpaired) electrons. The van der Waals surface area contributed by atoms with Crippen molar-refractivity contribution in [1.82, 2.24) is 0 Å². The van der Waals surface area contributed by atoms with Crippen LogP contribution in [-0.2, 0) is 28.6 Å². The van der Waals surface area contributed by atoms with Gasteiger partial charge in [-0.15, -0.1) is 0 Å². The molecule has 0 N–H and O–H groups in total. The molecule has 0 fully saturated rings. The summed E-state index contributed by atoms with van der Waals surface area (Å²) in [7, 11) is 5.39. The third-order valence-electron chi connectivity index (χ3n) is 9.67. The highest BCUT2D eigenvalue weighted by atomic mass is 16.6. The second-order valence-electron chi connectivity index (χ2n) is 15.9. The van der Waals surface area contributed by atoms with E-state index in [1.807, 2.05) is 0 Å². The van der Waals surface area contributed by atoms with Crippen molar-refractivity contribution in [3.8, 4) is 0 Å². The van der Waals surface area contributed by atoms with Crippen LogP contribution in [0.2, 0.25) is 0 Å². The lowest BCUT2D eigenvalue weighted by Gasteiger charge is -2.34. The van der Waals surface area contributed by atoms with Crippen molar-refractivity contribution in [2.75, 3.05) is 41.0 Å². The zero-order chi connectivity index (χ0) is 41.4. The highest BCUT2D eigenvalue weighted by molar-refractivity contribution is 5.70. The summed E-state index contributed by atoms with van der Waals surface area (Å²) in [5.41, 5.74) is 0. The van der Waals surface area contributed by atoms with E-state index < -0.39 is 18.1 Å². The molecule has 0 heterocycles. The van der Waals surface area contributed by atoms with E-state index in [-0.39, 0.29) is 49.1 Å². The molecular formula is C48H83NO7. The number of nitrogens with zero attached hydrogens (tertiary/aromatic N) is 1. The number of carboxylic acid groups (broad SMARTS) is 1. The van der Waals surface area contributed by atoms with Gasteiger partial charge in [0, 0.05) is 19.3 Å². The van der Waals surface area contributed by atoms with E-state index in [4.69, 9.17) is 14.2 Å². The maximum Gasteiger partial charge on any atom is 0.306 e. The Bertz CT molecular complexity index is 1100. The molecule has 322 valence electrons. The lowest BCUT2D eigenvalue weighted by Crippen LogP contribution is -2.55. The lowest BCUT2D eigenvalue weighted by molar-refractivity contribution is -0.889. The van der Waals surface area contributed by atoms with Gasteiger partial charge in [-0.2, -0.15) is 0 Å². The Morgan fingerprint density at radius 1 is 0.571 bits per heavy atom. The molecule has 8 nitrogen and oxygen atoms in total. The van der Waals surface area contributed by atoms with Gasteiger partial charge in [0.25, 0.3) is 0 Å². The van der Waals surface area contributed by atoms with Gasteiger partial charge in [0.05, 0.1) is 40.3 Å². The van der Waals surface area contributed by atoms with E-state index in [1.165, 1.54) is 70.6 Å². The Labute approximate surface area is 343 Å². The summed E-state index contributed by atoms with van der Waals surface area (Å²) in [5.74, 6) is -1.78. The van der Waals surface area contributed by atoms with Gasteiger partial charge in [-0.1, -0.05) is 152 Å². The first-order valence-electron chi connectivity index (χ1n) is 22.3. The van der Waals surface area contributed by atoms with Crippen LogP contribution in [0.5, 0.6) is 0 Å². The van der Waals surface area contributed by atoms with Gasteiger partial charge < -0.3 is 28.6 Å². The number of hydrogen-bond donors (Lipinski definition) is 0. The number of allylic oxidation sites excluding steroid dienone is 10. The zero-order valence-electron chi connectivity index (χ0n) is 36.5. The molecule has 0 aliphatic rings. The molecule has 0 saturated carbocycles. The molecular weight excluding hydrogens is 703 g/mol. The Balaban J connectivity index is 4.27. The highest BCUT2D eigenvalue weighted by Crippen LogP contribution is 2.14. The number of rotatable bonds is 39. The monoisotopic (exact) mass is 786 g/mol. The van der Waals surface area contributed by atoms with Gasteiger partial charge >= 0.3 is 11.9 Å². The Morgan fingerprint density at radius 3 is 1.61 bits per heavy atom. The van der Waals surface area contributed by atoms with E-state index in [9.17, 15) is 19.5 Å². The number of carbonyl (C=O) groups is 3. The van der Waals surface area contributed by atoms with Crippen molar-refractivity contribution in [3.63, 3.8) is 0 Å². The number of carboxylic acids is 1. The molecule has 0 spiro atoms. The van der Waals surface area contributed by atoms with E-state index in [0.29, 0.717) is 6.42 Å². The van der Waals surface area contributed by atoms with Crippen molar-refractivity contribution in [3.05, 3.63) is 60.8 Å². The van der Waals surface area contributed by atoms with Crippen molar-refractivity contribution >= 4 is 17.9 Å². The van der Waals surface area contributed by atoms with Crippen molar-refractivity contribution < 1.29 is 38.2 Å². The summed E-state index contributed by atoms with van der Waals surface area (Å²) >= 11 is 0. The molecule has 2 atom stereocenters. The summed E-state index contributed by atoms with van der Waals surface area (Å²) < 4.78 is 17.1. The van der Waals surface area contributed by atoms with Crippen LogP contribution in [0.25, 0.3) is 0 Å². The average molecular weight is 786 g/mol. The van der Waals surface area contributed by atoms with Crippen LogP contribution in [0, 0.1) is 0 Å². The molecule has 2 unspecified atom stereocenters. The second kappa shape index (κ2) is 38.9. The summed E-state index contributed by atoms with van der Waals surface area (Å²) in [5, 5.41) is 11.6. The van der Waals surface area contributed by atoms with Gasteiger partial charge in [-0.05, 0) is 64.2 Å². The van der Waals surface area contributed by atoms with E-state index in [2.05, 4.69) is 74.6 Å². The molecule has 0 aliphatic carbocycles. The first-order valence-corrected chi connectivity index (χ1v) is 22.3. The Kier molecular flexibility index (Phi) is 36.8. The maximum atomic E-state index is 12.7. The molecule has 0 aromatic carbocycles. The minimum atomic E-state index is -1.13. The van der Waals surface area contributed by atoms with Crippen molar-refractivity contribution in [2.45, 2.75) is 187 Å². The Hall–Kier alpha value is -2.97. The number of carbonyl (C=O) groups excluding carboxylic acids is 3. The zero-order valence-corrected chi connectivity index (χ0v) is 36.5. The standard InChI is InChI=1S/C48H83NO7/c1-6-8-10-12-14-16-18-19-20-21-22-23-24-25-26-27-29-30-32-34-36-38-46(50)55-43-44(42-54-41-40-45(48(52)53)49(3,4)5)56-47(51)39-37-35-33-31-28-17-15-13-11-9-7-2/h8,10,13-17,19-20,28,44-45H,6-7,9,11-12,18,21-27,29-43H2,1-5H3/b10-8+,15-13+,16-14+,20-19+,28-17+. The van der Waals surface area contributed by atoms with Gasteiger partial charge in [-0.25, -0.2) is 0 Å². The van der Waals surface area contributed by atoms with Crippen LogP contribution >= 0.6 is 0 Å². The number of esters is 2. The average Bonchev–Trinajstić information content (AvgIpc) is 3.15. The largest absolute Gasteiger partial charge is 0.544 e. The normalized spacial score (nSPS) is 13.5. The van der Waals surface area contributed by atoms with Crippen LogP contribution in [0.4, 0.5) is 0 Å². The number of ether oxygens (including phenoxy) is 3. The van der Waals surface area contributed by atoms with Crippen LogP contribution in [0.1, 0.15) is 174 Å². The minimum absolute atomic E-state index is 0.0274. The molecule has 0 bridgehead atoms. The van der Waals surface area contributed by atoms with E-state index in [1.54, 1.807) is 21.1 Å². The number of unbranched alkanes of at least 4 members (excludes halogenated alkanes) is 16. The predicted molar refractivity (Wildman–Crippen MR) is 231 cm³/mol. The van der Waals surface area contributed by atoms with Crippen LogP contribution in [0.15, 0.2) is 60.8 Å². The Morgan fingerprint density at radius 2 is 1.05 bits per heavy atom. The molecule has 56 heavy (non-hydrogen) atoms. The number of aliphatic carboxylic acids is 1. The van der Waals surface area contributed by atoms with Crippen molar-refractivity contribution in [1.29, 1.82) is 0 Å². The summed E-state index contributed by atoms with van der Waals surface area (Å²) in [4.78, 5) is 36.8. The predicted octanol–water partition coefficient (Wildman–Crippen LogP) is 10.9. The van der Waals surface area contributed by atoms with Crippen LogP contribution < -0.4 is 5.11 Å². The summed E-state index contributed by atoms with van der Waals surface area (Å²) in [6.45, 7) is 4.46. The fourth-order valence-corrected chi connectivity index (χ4v) is 6.18. The fourth-order valence-electron chi connectivity index (χ4n) is 6.18. The maximum absolute atomic E-state index is 12.7. The van der Waals surface area contributed by atoms with Crippen LogP contribution in [0.3, 0.4) is 0 Å². The van der Waals surface area contributed by atoms with Gasteiger partial charge in [0.15, 0.2) is 6.10 Å². The topological polar surface area (TPSA) is 102 Å².